The van der Waals surface area contributed by atoms with Crippen LogP contribution >= 0.6 is 0 Å². The number of fused-ring (bicyclic) bond motifs is 2. The van der Waals surface area contributed by atoms with Gasteiger partial charge in [-0.3, -0.25) is 0 Å². The molecule has 1 fully saturated rings. The van der Waals surface area contributed by atoms with Crippen molar-refractivity contribution < 1.29 is 19.0 Å². The zero-order valence-corrected chi connectivity index (χ0v) is 10.6. The van der Waals surface area contributed by atoms with Gasteiger partial charge >= 0.3 is 6.16 Å². The molecule has 0 N–H and O–H groups in total. The minimum absolute atomic E-state index is 0.0214. The highest BCUT2D eigenvalue weighted by Crippen LogP contribution is 2.43. The Morgan fingerprint density at radius 2 is 2.39 bits per heavy atom. The third-order valence-electron chi connectivity index (χ3n) is 3.19. The highest BCUT2D eigenvalue weighted by atomic mass is 16.7. The summed E-state index contributed by atoms with van der Waals surface area (Å²) in [5, 5.41) is 8.80. The van der Waals surface area contributed by atoms with Crippen molar-refractivity contribution in [1.82, 2.24) is 0 Å². The van der Waals surface area contributed by atoms with Gasteiger partial charge in [0.05, 0.1) is 30.3 Å². The average molecular weight is 251 g/mol. The highest BCUT2D eigenvalue weighted by molar-refractivity contribution is 5.60. The van der Waals surface area contributed by atoms with Gasteiger partial charge in [0.1, 0.15) is 12.7 Å². The molecule has 2 bridgehead atoms. The molecule has 2 unspecified atom stereocenters. The molecule has 0 saturated carbocycles. The van der Waals surface area contributed by atoms with E-state index < -0.39 is 6.16 Å². The summed E-state index contributed by atoms with van der Waals surface area (Å²) in [5.74, 6) is 0.945. The molecule has 2 aliphatic rings. The highest BCUT2D eigenvalue weighted by Gasteiger charge is 2.41. The number of ether oxygens (including phenoxy) is 3. The second kappa shape index (κ2) is 5.30. The normalized spacial score (nSPS) is 25.0. The van der Waals surface area contributed by atoms with E-state index in [1.807, 2.05) is 0 Å². The number of rotatable bonds is 4. The molecule has 2 atom stereocenters. The molecule has 2 heterocycles. The van der Waals surface area contributed by atoms with E-state index in [2.05, 4.69) is 6.07 Å². The number of allylic oxidation sites excluding steroid dienone is 1. The first-order chi connectivity index (χ1) is 8.61. The van der Waals surface area contributed by atoms with Gasteiger partial charge in [-0.1, -0.05) is 0 Å². The maximum atomic E-state index is 11.3. The van der Waals surface area contributed by atoms with E-state index in [1.165, 1.54) is 0 Å². The predicted molar refractivity (Wildman–Crippen MR) is 62.4 cm³/mol. The molecule has 0 aromatic carbocycles. The van der Waals surface area contributed by atoms with E-state index in [0.29, 0.717) is 6.42 Å². The number of nitriles is 1. The summed E-state index contributed by atoms with van der Waals surface area (Å²) in [6.45, 7) is 3.77. The molecule has 5 nitrogen and oxygen atoms in total. The Kier molecular flexibility index (Phi) is 3.75. The van der Waals surface area contributed by atoms with E-state index in [-0.39, 0.29) is 24.7 Å². The Hall–Kier alpha value is -1.70. The van der Waals surface area contributed by atoms with Crippen LogP contribution in [0.2, 0.25) is 0 Å². The van der Waals surface area contributed by atoms with Crippen LogP contribution in [0.1, 0.15) is 33.1 Å². The first kappa shape index (κ1) is 12.7. The average Bonchev–Trinajstić information content (AvgIpc) is 2.87. The molecule has 1 saturated heterocycles. The van der Waals surface area contributed by atoms with Crippen molar-refractivity contribution in [2.24, 2.45) is 5.92 Å². The number of hydrogen-bond acceptors (Lipinski definition) is 5. The summed E-state index contributed by atoms with van der Waals surface area (Å²) in [6, 6.07) is 2.13. The lowest BCUT2D eigenvalue weighted by Gasteiger charge is -2.19. The van der Waals surface area contributed by atoms with E-state index in [9.17, 15) is 4.79 Å². The van der Waals surface area contributed by atoms with E-state index in [1.54, 1.807) is 13.8 Å². The van der Waals surface area contributed by atoms with Crippen molar-refractivity contribution in [2.45, 2.75) is 45.3 Å². The molecule has 5 heteroatoms. The van der Waals surface area contributed by atoms with Gasteiger partial charge in [-0.15, -0.1) is 0 Å². The van der Waals surface area contributed by atoms with Crippen LogP contribution in [0.3, 0.4) is 0 Å². The topological polar surface area (TPSA) is 68.5 Å². The fourth-order valence-electron chi connectivity index (χ4n) is 2.43. The lowest BCUT2D eigenvalue weighted by molar-refractivity contribution is 0.0180. The van der Waals surface area contributed by atoms with Crippen molar-refractivity contribution in [3.05, 3.63) is 11.3 Å². The molecule has 0 amide bonds. The standard InChI is InChI=1S/C13H17NO4/c1-8(2)17-13(15)16-7-10-9(5-6-14)11-3-4-12(10)18-11/h8,10,12H,3-5,7H2,1-2H3. The van der Waals surface area contributed by atoms with Gasteiger partial charge in [0.2, 0.25) is 0 Å². The van der Waals surface area contributed by atoms with Crippen LogP contribution in [0, 0.1) is 17.2 Å². The van der Waals surface area contributed by atoms with Crippen LogP contribution in [-0.4, -0.2) is 25.0 Å². The van der Waals surface area contributed by atoms with E-state index in [0.717, 1.165) is 24.2 Å². The zero-order chi connectivity index (χ0) is 13.1. The molecule has 2 rings (SSSR count). The van der Waals surface area contributed by atoms with Crippen LogP contribution in [0.15, 0.2) is 11.3 Å². The fraction of sp³-hybridized carbons (Fsp3) is 0.692. The number of nitrogens with zero attached hydrogens (tertiary/aromatic N) is 1. The van der Waals surface area contributed by atoms with Gasteiger partial charge in [-0.2, -0.15) is 5.26 Å². The molecule has 0 aliphatic carbocycles. The van der Waals surface area contributed by atoms with Crippen LogP contribution < -0.4 is 0 Å². The van der Waals surface area contributed by atoms with Crippen molar-refractivity contribution in [3.8, 4) is 6.07 Å². The molecule has 0 spiro atoms. The van der Waals surface area contributed by atoms with E-state index >= 15 is 0 Å². The fourth-order valence-corrected chi connectivity index (χ4v) is 2.43. The van der Waals surface area contributed by atoms with Gasteiger partial charge in [-0.25, -0.2) is 4.79 Å². The lowest BCUT2D eigenvalue weighted by Crippen LogP contribution is -2.26. The molecular formula is C13H17NO4. The number of carbonyl (C=O) groups excluding carboxylic acids is 1. The van der Waals surface area contributed by atoms with Gasteiger partial charge in [0, 0.05) is 6.42 Å². The summed E-state index contributed by atoms with van der Waals surface area (Å²) in [7, 11) is 0. The first-order valence-corrected chi connectivity index (χ1v) is 6.20. The second-order valence-electron chi connectivity index (χ2n) is 4.81. The first-order valence-electron chi connectivity index (χ1n) is 6.20. The molecule has 2 aliphatic heterocycles. The quantitative estimate of drug-likeness (QED) is 0.718. The smallest absolute Gasteiger partial charge is 0.494 e. The SMILES string of the molecule is CC(C)OC(=O)OCC1C(CC#N)=C2CCC1O2. The van der Waals surface area contributed by atoms with Crippen molar-refractivity contribution in [2.75, 3.05) is 6.61 Å². The predicted octanol–water partition coefficient (Wildman–Crippen LogP) is 2.52. The van der Waals surface area contributed by atoms with Gasteiger partial charge in [0.15, 0.2) is 0 Å². The maximum absolute atomic E-state index is 11.3. The molecular weight excluding hydrogens is 234 g/mol. The van der Waals surface area contributed by atoms with Gasteiger partial charge in [-0.05, 0) is 25.8 Å². The maximum Gasteiger partial charge on any atom is 0.508 e. The van der Waals surface area contributed by atoms with Crippen LogP contribution in [0.25, 0.3) is 0 Å². The summed E-state index contributed by atoms with van der Waals surface area (Å²) in [5.41, 5.74) is 0.992. The summed E-state index contributed by atoms with van der Waals surface area (Å²) >= 11 is 0. The Balaban J connectivity index is 1.90. The Labute approximate surface area is 106 Å². The summed E-state index contributed by atoms with van der Waals surface area (Å²) in [6.07, 6.45) is 1.40. The van der Waals surface area contributed by atoms with Crippen molar-refractivity contribution in [3.63, 3.8) is 0 Å². The van der Waals surface area contributed by atoms with Crippen molar-refractivity contribution in [1.29, 1.82) is 5.26 Å². The van der Waals surface area contributed by atoms with Crippen LogP contribution in [0.4, 0.5) is 4.79 Å². The Morgan fingerprint density at radius 3 is 3.06 bits per heavy atom. The van der Waals surface area contributed by atoms with Gasteiger partial charge in [0.25, 0.3) is 0 Å². The lowest BCUT2D eigenvalue weighted by atomic mass is 9.86. The molecule has 18 heavy (non-hydrogen) atoms. The largest absolute Gasteiger partial charge is 0.508 e. The Morgan fingerprint density at radius 1 is 1.61 bits per heavy atom. The van der Waals surface area contributed by atoms with E-state index in [4.69, 9.17) is 19.5 Å². The minimum atomic E-state index is -0.658. The third-order valence-corrected chi connectivity index (χ3v) is 3.19. The van der Waals surface area contributed by atoms with Gasteiger partial charge < -0.3 is 14.2 Å². The van der Waals surface area contributed by atoms with Crippen molar-refractivity contribution >= 4 is 6.16 Å². The monoisotopic (exact) mass is 251 g/mol. The molecule has 0 radical (unpaired) electrons. The minimum Gasteiger partial charge on any atom is -0.494 e. The molecule has 0 aromatic rings. The second-order valence-corrected chi connectivity index (χ2v) is 4.81. The van der Waals surface area contributed by atoms with Crippen LogP contribution in [0.5, 0.6) is 0 Å². The number of hydrogen-bond donors (Lipinski definition) is 0. The number of carbonyl (C=O) groups is 1. The summed E-state index contributed by atoms with van der Waals surface area (Å²) in [4.78, 5) is 11.3. The molecule has 0 aromatic heterocycles. The summed E-state index contributed by atoms with van der Waals surface area (Å²) < 4.78 is 15.6. The molecule has 98 valence electrons. The Bertz CT molecular complexity index is 408. The zero-order valence-electron chi connectivity index (χ0n) is 10.6. The third kappa shape index (κ3) is 2.58. The van der Waals surface area contributed by atoms with Crippen LogP contribution in [-0.2, 0) is 14.2 Å².